The summed E-state index contributed by atoms with van der Waals surface area (Å²) in [6.45, 7) is 3.86. The number of rotatable bonds is 10. The van der Waals surface area contributed by atoms with Gasteiger partial charge in [0.25, 0.3) is 0 Å². The fourth-order valence-corrected chi connectivity index (χ4v) is 2.03. The quantitative estimate of drug-likeness (QED) is 0.513. The van der Waals surface area contributed by atoms with Gasteiger partial charge in [-0.3, -0.25) is 0 Å². The largest absolute Gasteiger partial charge is 0.476 e. The Hall–Kier alpha value is -0.790. The summed E-state index contributed by atoms with van der Waals surface area (Å²) in [6, 6.07) is 0. The molecule has 0 atom stereocenters. The lowest BCUT2D eigenvalue weighted by atomic mass is 10.1. The molecule has 17 heavy (non-hydrogen) atoms. The third-order valence-corrected chi connectivity index (χ3v) is 3.09. The molecular weight excluding hydrogens is 210 g/mol. The summed E-state index contributed by atoms with van der Waals surface area (Å²) in [5.41, 5.74) is 0. The summed E-state index contributed by atoms with van der Waals surface area (Å²) < 4.78 is 5.30. The van der Waals surface area contributed by atoms with Crippen molar-refractivity contribution in [2.45, 2.75) is 64.7 Å². The van der Waals surface area contributed by atoms with E-state index in [1.165, 1.54) is 51.4 Å². The molecule has 0 saturated heterocycles. The average Bonchev–Trinajstić information content (AvgIpc) is 2.85. The van der Waals surface area contributed by atoms with E-state index in [0.29, 0.717) is 0 Å². The molecule has 1 aliphatic heterocycles. The molecule has 98 valence electrons. The third kappa shape index (κ3) is 8.00. The number of aliphatic imine (C=N–C) groups is 1. The van der Waals surface area contributed by atoms with Gasteiger partial charge in [0.05, 0.1) is 6.54 Å². The van der Waals surface area contributed by atoms with Crippen LogP contribution in [-0.4, -0.2) is 19.0 Å². The third-order valence-electron chi connectivity index (χ3n) is 3.09. The summed E-state index contributed by atoms with van der Waals surface area (Å²) >= 11 is 0. The molecule has 0 aromatic heterocycles. The highest BCUT2D eigenvalue weighted by Gasteiger charge is 2.00. The number of allylic oxidation sites excluding steroid dienone is 1. The Bertz CT molecular complexity index is 233. The molecule has 1 heterocycles. The lowest BCUT2D eigenvalue weighted by Gasteiger charge is -1.99. The van der Waals surface area contributed by atoms with Crippen LogP contribution in [0.4, 0.5) is 0 Å². The van der Waals surface area contributed by atoms with Gasteiger partial charge in [-0.15, -0.1) is 0 Å². The van der Waals surface area contributed by atoms with E-state index in [-0.39, 0.29) is 0 Å². The number of ether oxygens (including phenoxy) is 1. The van der Waals surface area contributed by atoms with Gasteiger partial charge < -0.3 is 4.74 Å². The van der Waals surface area contributed by atoms with Crippen molar-refractivity contribution < 1.29 is 4.74 Å². The van der Waals surface area contributed by atoms with Gasteiger partial charge in [-0.25, -0.2) is 4.99 Å². The van der Waals surface area contributed by atoms with Gasteiger partial charge in [0, 0.05) is 0 Å². The van der Waals surface area contributed by atoms with Crippen molar-refractivity contribution in [1.82, 2.24) is 0 Å². The SMILES string of the molecule is CCCCCCCCCCC=CC1=NCCO1. The first-order valence-electron chi connectivity index (χ1n) is 7.27. The molecule has 1 aliphatic rings. The van der Waals surface area contributed by atoms with Crippen LogP contribution in [0.3, 0.4) is 0 Å². The Balaban J connectivity index is 1.81. The topological polar surface area (TPSA) is 21.6 Å². The summed E-state index contributed by atoms with van der Waals surface area (Å²) in [5, 5.41) is 0. The van der Waals surface area contributed by atoms with Crippen molar-refractivity contribution >= 4 is 5.90 Å². The van der Waals surface area contributed by atoms with Crippen molar-refractivity contribution in [2.24, 2.45) is 4.99 Å². The number of unbranched alkanes of at least 4 members (excludes halogenated alkanes) is 8. The molecule has 0 spiro atoms. The van der Waals surface area contributed by atoms with E-state index < -0.39 is 0 Å². The Labute approximate surface area is 106 Å². The highest BCUT2D eigenvalue weighted by Crippen LogP contribution is 2.09. The Kier molecular flexibility index (Phi) is 8.71. The van der Waals surface area contributed by atoms with Crippen LogP contribution >= 0.6 is 0 Å². The number of hydrogen-bond acceptors (Lipinski definition) is 2. The highest BCUT2D eigenvalue weighted by atomic mass is 16.5. The molecule has 0 aromatic carbocycles. The van der Waals surface area contributed by atoms with Crippen LogP contribution in [0, 0.1) is 0 Å². The maximum absolute atomic E-state index is 5.30. The maximum Gasteiger partial charge on any atom is 0.208 e. The van der Waals surface area contributed by atoms with Gasteiger partial charge in [-0.2, -0.15) is 0 Å². The molecule has 0 saturated carbocycles. The molecule has 0 radical (unpaired) electrons. The zero-order valence-electron chi connectivity index (χ0n) is 11.3. The molecule has 0 fully saturated rings. The second kappa shape index (κ2) is 10.4. The second-order valence-electron chi connectivity index (χ2n) is 4.73. The van der Waals surface area contributed by atoms with E-state index in [1.54, 1.807) is 0 Å². The van der Waals surface area contributed by atoms with E-state index in [4.69, 9.17) is 4.74 Å². The van der Waals surface area contributed by atoms with Gasteiger partial charge in [0.1, 0.15) is 6.61 Å². The molecule has 2 nitrogen and oxygen atoms in total. The molecule has 0 bridgehead atoms. The van der Waals surface area contributed by atoms with E-state index in [2.05, 4.69) is 18.0 Å². The first kappa shape index (κ1) is 14.3. The molecule has 0 unspecified atom stereocenters. The van der Waals surface area contributed by atoms with E-state index in [9.17, 15) is 0 Å². The second-order valence-corrected chi connectivity index (χ2v) is 4.73. The first-order valence-corrected chi connectivity index (χ1v) is 7.27. The van der Waals surface area contributed by atoms with Gasteiger partial charge in [-0.05, 0) is 18.9 Å². The number of nitrogens with zero attached hydrogens (tertiary/aromatic N) is 1. The van der Waals surface area contributed by atoms with Crippen molar-refractivity contribution in [3.63, 3.8) is 0 Å². The van der Waals surface area contributed by atoms with E-state index >= 15 is 0 Å². The fourth-order valence-electron chi connectivity index (χ4n) is 2.03. The molecule has 0 aliphatic carbocycles. The summed E-state index contributed by atoms with van der Waals surface area (Å²) in [4.78, 5) is 4.22. The van der Waals surface area contributed by atoms with Crippen LogP contribution in [0.1, 0.15) is 64.7 Å². The van der Waals surface area contributed by atoms with E-state index in [1.807, 2.05) is 6.08 Å². The minimum Gasteiger partial charge on any atom is -0.476 e. The smallest absolute Gasteiger partial charge is 0.208 e. The molecule has 1 rings (SSSR count). The fraction of sp³-hybridized carbons (Fsp3) is 0.800. The lowest BCUT2D eigenvalue weighted by molar-refractivity contribution is 0.350. The summed E-state index contributed by atoms with van der Waals surface area (Å²) in [5.74, 6) is 0.824. The zero-order valence-corrected chi connectivity index (χ0v) is 11.3. The Morgan fingerprint density at radius 3 is 2.41 bits per heavy atom. The van der Waals surface area contributed by atoms with Crippen LogP contribution in [-0.2, 0) is 4.74 Å². The maximum atomic E-state index is 5.30. The predicted octanol–water partition coefficient (Wildman–Crippen LogP) is 4.50. The Morgan fingerprint density at radius 2 is 1.76 bits per heavy atom. The van der Waals surface area contributed by atoms with Crippen molar-refractivity contribution in [3.05, 3.63) is 12.2 Å². The minimum absolute atomic E-state index is 0.761. The van der Waals surface area contributed by atoms with Crippen LogP contribution in [0.5, 0.6) is 0 Å². The molecule has 0 N–H and O–H groups in total. The first-order chi connectivity index (χ1) is 8.43. The van der Waals surface area contributed by atoms with Gasteiger partial charge in [0.15, 0.2) is 0 Å². The predicted molar refractivity (Wildman–Crippen MR) is 74.6 cm³/mol. The van der Waals surface area contributed by atoms with E-state index in [0.717, 1.165) is 25.5 Å². The highest BCUT2D eigenvalue weighted by molar-refractivity contribution is 5.88. The van der Waals surface area contributed by atoms with Crippen LogP contribution in [0.15, 0.2) is 17.1 Å². The number of hydrogen-bond donors (Lipinski definition) is 0. The van der Waals surface area contributed by atoms with Crippen LogP contribution < -0.4 is 0 Å². The Morgan fingerprint density at radius 1 is 1.06 bits per heavy atom. The zero-order chi connectivity index (χ0) is 12.2. The summed E-state index contributed by atoms with van der Waals surface area (Å²) in [7, 11) is 0. The van der Waals surface area contributed by atoms with Gasteiger partial charge in [-0.1, -0.05) is 57.9 Å². The standard InChI is InChI=1S/C15H27NO/c1-2-3-4-5-6-7-8-9-10-11-12-15-16-13-14-17-15/h11-12H,2-10,13-14H2,1H3. The minimum atomic E-state index is 0.761. The van der Waals surface area contributed by atoms with Gasteiger partial charge >= 0.3 is 0 Å². The van der Waals surface area contributed by atoms with Crippen molar-refractivity contribution in [3.8, 4) is 0 Å². The molecule has 0 aromatic rings. The average molecular weight is 237 g/mol. The van der Waals surface area contributed by atoms with Crippen molar-refractivity contribution in [1.29, 1.82) is 0 Å². The van der Waals surface area contributed by atoms with Crippen molar-refractivity contribution in [2.75, 3.05) is 13.2 Å². The monoisotopic (exact) mass is 237 g/mol. The van der Waals surface area contributed by atoms with Crippen LogP contribution in [0.2, 0.25) is 0 Å². The normalized spacial score (nSPS) is 15.2. The molecule has 2 heteroatoms. The summed E-state index contributed by atoms with van der Waals surface area (Å²) in [6.07, 6.45) is 16.5. The lowest BCUT2D eigenvalue weighted by Crippen LogP contribution is -1.92. The van der Waals surface area contributed by atoms with Gasteiger partial charge in [0.2, 0.25) is 5.90 Å². The molecular formula is C15H27NO. The molecule has 0 amide bonds. The van der Waals surface area contributed by atoms with Crippen LogP contribution in [0.25, 0.3) is 0 Å².